The molecule has 160 valence electrons. The molecule has 0 saturated heterocycles. The lowest BCUT2D eigenvalue weighted by molar-refractivity contribution is -0.122. The van der Waals surface area contributed by atoms with E-state index in [2.05, 4.69) is 20.9 Å². The summed E-state index contributed by atoms with van der Waals surface area (Å²) in [4.78, 5) is 25.0. The van der Waals surface area contributed by atoms with E-state index < -0.39 is 5.91 Å². The highest BCUT2D eigenvalue weighted by Gasteiger charge is 2.19. The lowest BCUT2D eigenvalue weighted by Gasteiger charge is -2.09. The fourth-order valence-electron chi connectivity index (χ4n) is 3.07. The molecule has 3 aromatic rings. The van der Waals surface area contributed by atoms with Crippen LogP contribution in [0.5, 0.6) is 11.5 Å². The van der Waals surface area contributed by atoms with Gasteiger partial charge in [-0.2, -0.15) is 0 Å². The number of amides is 2. The Hall–Kier alpha value is -3.59. The molecule has 4 rings (SSSR count). The van der Waals surface area contributed by atoms with Crippen LogP contribution in [0.1, 0.15) is 27.3 Å². The Morgan fingerprint density at radius 2 is 1.94 bits per heavy atom. The van der Waals surface area contributed by atoms with Crippen LogP contribution in [-0.2, 0) is 17.9 Å². The largest absolute Gasteiger partial charge is 0.454 e. The molecular formula is C21H20ClN5O4. The summed E-state index contributed by atoms with van der Waals surface area (Å²) in [5.41, 5.74) is 2.96. The molecule has 0 radical (unpaired) electrons. The minimum atomic E-state index is -0.421. The van der Waals surface area contributed by atoms with Crippen molar-refractivity contribution in [3.63, 3.8) is 0 Å². The Bertz CT molecular complexity index is 1160. The number of carbonyl (C=O) groups excluding carboxylic acids is 2. The van der Waals surface area contributed by atoms with Gasteiger partial charge in [0.05, 0.1) is 5.69 Å². The maximum absolute atomic E-state index is 12.6. The van der Waals surface area contributed by atoms with Gasteiger partial charge in [0.25, 0.3) is 5.91 Å². The van der Waals surface area contributed by atoms with E-state index in [9.17, 15) is 9.59 Å². The summed E-state index contributed by atoms with van der Waals surface area (Å²) in [5, 5.41) is 14.0. The Morgan fingerprint density at radius 3 is 2.77 bits per heavy atom. The van der Waals surface area contributed by atoms with Crippen LogP contribution >= 0.6 is 11.6 Å². The number of rotatable bonds is 6. The normalized spacial score (nSPS) is 12.0. The highest BCUT2D eigenvalue weighted by Crippen LogP contribution is 2.32. The van der Waals surface area contributed by atoms with Gasteiger partial charge < -0.3 is 20.1 Å². The first kappa shape index (κ1) is 20.7. The summed E-state index contributed by atoms with van der Waals surface area (Å²) >= 11 is 6.00. The lowest BCUT2D eigenvalue weighted by Crippen LogP contribution is -2.28. The second-order valence-electron chi connectivity index (χ2n) is 7.06. The van der Waals surface area contributed by atoms with Gasteiger partial charge in [-0.1, -0.05) is 28.9 Å². The number of benzene rings is 2. The Labute approximate surface area is 183 Å². The van der Waals surface area contributed by atoms with Crippen LogP contribution in [0.3, 0.4) is 0 Å². The van der Waals surface area contributed by atoms with Gasteiger partial charge in [0.15, 0.2) is 17.2 Å². The molecule has 0 bridgehead atoms. The van der Waals surface area contributed by atoms with Crippen molar-refractivity contribution < 1.29 is 19.1 Å². The van der Waals surface area contributed by atoms with Gasteiger partial charge >= 0.3 is 0 Å². The number of anilines is 1. The third-order valence-corrected chi connectivity index (χ3v) is 5.10. The van der Waals surface area contributed by atoms with Crippen LogP contribution in [0.4, 0.5) is 5.69 Å². The zero-order valence-corrected chi connectivity index (χ0v) is 17.7. The molecule has 0 saturated carbocycles. The molecule has 10 heteroatoms. The summed E-state index contributed by atoms with van der Waals surface area (Å²) in [6, 6.07) is 10.7. The van der Waals surface area contributed by atoms with E-state index in [1.165, 1.54) is 4.68 Å². The molecular weight excluding hydrogens is 422 g/mol. The number of hydrogen-bond donors (Lipinski definition) is 2. The molecule has 0 spiro atoms. The van der Waals surface area contributed by atoms with Gasteiger partial charge in [-0.15, -0.1) is 5.10 Å². The number of nitrogens with zero attached hydrogens (tertiary/aromatic N) is 3. The molecule has 31 heavy (non-hydrogen) atoms. The van der Waals surface area contributed by atoms with Crippen molar-refractivity contribution in [3.8, 4) is 11.5 Å². The van der Waals surface area contributed by atoms with Crippen LogP contribution in [0.25, 0.3) is 0 Å². The first-order valence-electron chi connectivity index (χ1n) is 9.53. The first-order valence-corrected chi connectivity index (χ1v) is 9.91. The van der Waals surface area contributed by atoms with Gasteiger partial charge in [-0.3, -0.25) is 9.59 Å². The predicted molar refractivity (Wildman–Crippen MR) is 113 cm³/mol. The number of hydrogen-bond acceptors (Lipinski definition) is 6. The third kappa shape index (κ3) is 4.61. The van der Waals surface area contributed by atoms with E-state index in [4.69, 9.17) is 21.1 Å². The SMILES string of the molecule is Cc1ccc(Cl)cc1NC(=O)c1nnn(CC(=O)NCc2ccc3c(c2)OCO3)c1C. The number of carbonyl (C=O) groups is 2. The minimum Gasteiger partial charge on any atom is -0.454 e. The van der Waals surface area contributed by atoms with Crippen LogP contribution in [0.2, 0.25) is 5.02 Å². The average Bonchev–Trinajstić information content (AvgIpc) is 3.35. The van der Waals surface area contributed by atoms with Gasteiger partial charge in [-0.05, 0) is 49.2 Å². The van der Waals surface area contributed by atoms with Crippen molar-refractivity contribution in [1.29, 1.82) is 0 Å². The monoisotopic (exact) mass is 441 g/mol. The molecule has 0 aliphatic carbocycles. The Kier molecular flexibility index (Phi) is 5.77. The summed E-state index contributed by atoms with van der Waals surface area (Å²) in [6.07, 6.45) is 0. The summed E-state index contributed by atoms with van der Waals surface area (Å²) < 4.78 is 12.0. The summed E-state index contributed by atoms with van der Waals surface area (Å²) in [7, 11) is 0. The van der Waals surface area contributed by atoms with Gasteiger partial charge in [0.1, 0.15) is 6.54 Å². The second kappa shape index (κ2) is 8.65. The van der Waals surface area contributed by atoms with Crippen LogP contribution in [-0.4, -0.2) is 33.6 Å². The number of aromatic nitrogens is 3. The van der Waals surface area contributed by atoms with E-state index >= 15 is 0 Å². The first-order chi connectivity index (χ1) is 14.9. The topological polar surface area (TPSA) is 107 Å². The van der Waals surface area contributed by atoms with E-state index in [1.54, 1.807) is 25.1 Å². The molecule has 9 nitrogen and oxygen atoms in total. The number of ether oxygens (including phenoxy) is 2. The Balaban J connectivity index is 1.36. The van der Waals surface area contributed by atoms with Crippen LogP contribution < -0.4 is 20.1 Å². The van der Waals surface area contributed by atoms with Crippen molar-refractivity contribution in [2.24, 2.45) is 0 Å². The van der Waals surface area contributed by atoms with Gasteiger partial charge in [0.2, 0.25) is 12.7 Å². The van der Waals surface area contributed by atoms with Crippen molar-refractivity contribution >= 4 is 29.1 Å². The standard InChI is InChI=1S/C21H20ClN5O4/c1-12-3-5-15(22)8-16(12)24-21(29)20-13(2)27(26-25-20)10-19(28)23-9-14-4-6-17-18(7-14)31-11-30-17/h3-8H,9-11H2,1-2H3,(H,23,28)(H,24,29). The summed E-state index contributed by atoms with van der Waals surface area (Å²) in [5.74, 6) is 0.662. The van der Waals surface area contributed by atoms with Crippen molar-refractivity contribution in [3.05, 3.63) is 63.9 Å². The third-order valence-electron chi connectivity index (χ3n) is 4.87. The molecule has 1 aromatic heterocycles. The molecule has 0 atom stereocenters. The fraction of sp³-hybridized carbons (Fsp3) is 0.238. The summed E-state index contributed by atoms with van der Waals surface area (Å²) in [6.45, 7) is 4.01. The van der Waals surface area contributed by atoms with Crippen molar-refractivity contribution in [2.45, 2.75) is 26.9 Å². The van der Waals surface area contributed by atoms with Crippen molar-refractivity contribution in [1.82, 2.24) is 20.3 Å². The molecule has 2 N–H and O–H groups in total. The second-order valence-corrected chi connectivity index (χ2v) is 7.50. The maximum Gasteiger partial charge on any atom is 0.278 e. The zero-order valence-electron chi connectivity index (χ0n) is 16.9. The predicted octanol–water partition coefficient (Wildman–Crippen LogP) is 2.85. The highest BCUT2D eigenvalue weighted by atomic mass is 35.5. The van der Waals surface area contributed by atoms with Crippen molar-refractivity contribution in [2.75, 3.05) is 12.1 Å². The van der Waals surface area contributed by atoms with E-state index in [0.29, 0.717) is 34.4 Å². The van der Waals surface area contributed by atoms with Gasteiger partial charge in [-0.25, -0.2) is 4.68 Å². The van der Waals surface area contributed by atoms with Crippen LogP contribution in [0.15, 0.2) is 36.4 Å². The zero-order chi connectivity index (χ0) is 22.0. The molecule has 2 heterocycles. The quantitative estimate of drug-likeness (QED) is 0.609. The number of fused-ring (bicyclic) bond motifs is 1. The molecule has 2 aromatic carbocycles. The molecule has 0 unspecified atom stereocenters. The van der Waals surface area contributed by atoms with E-state index in [0.717, 1.165) is 11.1 Å². The maximum atomic E-state index is 12.6. The molecule has 0 fully saturated rings. The minimum absolute atomic E-state index is 0.0626. The highest BCUT2D eigenvalue weighted by molar-refractivity contribution is 6.31. The lowest BCUT2D eigenvalue weighted by atomic mass is 10.2. The Morgan fingerprint density at radius 1 is 1.13 bits per heavy atom. The van der Waals surface area contributed by atoms with E-state index in [-0.39, 0.29) is 24.9 Å². The van der Waals surface area contributed by atoms with E-state index in [1.807, 2.05) is 25.1 Å². The number of halogens is 1. The molecule has 1 aliphatic rings. The molecule has 1 aliphatic heterocycles. The fourth-order valence-corrected chi connectivity index (χ4v) is 3.25. The van der Waals surface area contributed by atoms with Gasteiger partial charge in [0, 0.05) is 17.3 Å². The average molecular weight is 442 g/mol. The number of aryl methyl sites for hydroxylation is 1. The number of nitrogens with one attached hydrogen (secondary N) is 2. The molecule has 2 amide bonds. The smallest absolute Gasteiger partial charge is 0.278 e. The van der Waals surface area contributed by atoms with Crippen LogP contribution in [0, 0.1) is 13.8 Å².